The largest absolute Gasteiger partial charge is 0.295 e. The normalized spacial score (nSPS) is 25.1. The van der Waals surface area contributed by atoms with E-state index in [0.717, 1.165) is 25.7 Å². The number of hydrogen-bond acceptors (Lipinski definition) is 1. The summed E-state index contributed by atoms with van der Waals surface area (Å²) in [4.78, 5) is 11.1. The predicted molar refractivity (Wildman–Crippen MR) is 46.4 cm³/mol. The van der Waals surface area contributed by atoms with E-state index < -0.39 is 0 Å². The predicted octanol–water partition coefficient (Wildman–Crippen LogP) is 2.71. The first kappa shape index (κ1) is 8.51. The van der Waals surface area contributed by atoms with Gasteiger partial charge in [0.15, 0.2) is 5.78 Å². The molecule has 1 unspecified atom stereocenters. The Morgan fingerprint density at radius 3 is 2.73 bits per heavy atom. The van der Waals surface area contributed by atoms with Gasteiger partial charge in [0.25, 0.3) is 0 Å². The summed E-state index contributed by atoms with van der Waals surface area (Å²) in [7, 11) is 0. The maximum absolute atomic E-state index is 11.1. The molecule has 11 heavy (non-hydrogen) atoms. The number of allylic oxidation sites excluding steroid dienone is 2. The van der Waals surface area contributed by atoms with Crippen molar-refractivity contribution in [2.24, 2.45) is 5.92 Å². The molecule has 0 aromatic rings. The van der Waals surface area contributed by atoms with Gasteiger partial charge < -0.3 is 0 Å². The number of carbonyl (C=O) groups is 1. The van der Waals surface area contributed by atoms with Crippen LogP contribution in [0.5, 0.6) is 0 Å². The van der Waals surface area contributed by atoms with E-state index in [4.69, 9.17) is 0 Å². The van der Waals surface area contributed by atoms with Crippen LogP contribution in [0, 0.1) is 5.92 Å². The number of carbonyl (C=O) groups excluding carboxylic acids is 1. The van der Waals surface area contributed by atoms with Crippen molar-refractivity contribution < 1.29 is 4.79 Å². The maximum atomic E-state index is 11.1. The molecule has 1 rings (SSSR count). The standard InChI is InChI=1S/C10H16O/c1-3-8-5-9(4-2)7-10(11)6-8/h6,9H,3-5,7H2,1-2H3. The van der Waals surface area contributed by atoms with Crippen LogP contribution in [0.25, 0.3) is 0 Å². The molecular weight excluding hydrogens is 136 g/mol. The van der Waals surface area contributed by atoms with Crippen molar-refractivity contribution in [3.8, 4) is 0 Å². The fraction of sp³-hybridized carbons (Fsp3) is 0.700. The van der Waals surface area contributed by atoms with Crippen molar-refractivity contribution in [2.75, 3.05) is 0 Å². The Kier molecular flexibility index (Phi) is 2.86. The molecule has 0 fully saturated rings. The molecule has 0 heterocycles. The second kappa shape index (κ2) is 3.70. The van der Waals surface area contributed by atoms with E-state index in [2.05, 4.69) is 13.8 Å². The van der Waals surface area contributed by atoms with Gasteiger partial charge >= 0.3 is 0 Å². The molecule has 0 radical (unpaired) electrons. The van der Waals surface area contributed by atoms with Crippen molar-refractivity contribution >= 4 is 5.78 Å². The number of hydrogen-bond donors (Lipinski definition) is 0. The lowest BCUT2D eigenvalue weighted by atomic mass is 9.85. The first-order valence-corrected chi connectivity index (χ1v) is 4.48. The van der Waals surface area contributed by atoms with Gasteiger partial charge in [-0.25, -0.2) is 0 Å². The molecule has 0 bridgehead atoms. The fourth-order valence-electron chi connectivity index (χ4n) is 1.61. The minimum Gasteiger partial charge on any atom is -0.295 e. The Morgan fingerprint density at radius 1 is 1.45 bits per heavy atom. The lowest BCUT2D eigenvalue weighted by molar-refractivity contribution is -0.116. The molecule has 62 valence electrons. The van der Waals surface area contributed by atoms with Gasteiger partial charge in [-0.2, -0.15) is 0 Å². The second-order valence-corrected chi connectivity index (χ2v) is 3.30. The van der Waals surface area contributed by atoms with Crippen molar-refractivity contribution in [3.63, 3.8) is 0 Å². The molecule has 0 aromatic heterocycles. The molecule has 0 spiro atoms. The van der Waals surface area contributed by atoms with Crippen molar-refractivity contribution in [1.29, 1.82) is 0 Å². The van der Waals surface area contributed by atoms with E-state index in [9.17, 15) is 4.79 Å². The number of ketones is 1. The minimum atomic E-state index is 0.333. The van der Waals surface area contributed by atoms with Crippen molar-refractivity contribution in [1.82, 2.24) is 0 Å². The summed E-state index contributed by atoms with van der Waals surface area (Å²) in [5.74, 6) is 0.961. The van der Waals surface area contributed by atoms with Gasteiger partial charge in [-0.1, -0.05) is 25.8 Å². The van der Waals surface area contributed by atoms with Crippen LogP contribution in [0.4, 0.5) is 0 Å². The average Bonchev–Trinajstić information content (AvgIpc) is 2.03. The summed E-state index contributed by atoms with van der Waals surface area (Å²) in [5, 5.41) is 0. The van der Waals surface area contributed by atoms with Crippen LogP contribution in [0.1, 0.15) is 39.5 Å². The lowest BCUT2D eigenvalue weighted by Crippen LogP contribution is -2.12. The Balaban J connectivity index is 2.61. The molecule has 0 aliphatic heterocycles. The van der Waals surface area contributed by atoms with E-state index in [0.29, 0.717) is 11.7 Å². The van der Waals surface area contributed by atoms with Gasteiger partial charge in [0.2, 0.25) is 0 Å². The molecule has 1 aliphatic carbocycles. The molecule has 1 aliphatic rings. The summed E-state index contributed by atoms with van der Waals surface area (Å²) in [6.45, 7) is 4.29. The molecule has 0 aromatic carbocycles. The van der Waals surface area contributed by atoms with Gasteiger partial charge in [-0.3, -0.25) is 4.79 Å². The third kappa shape index (κ3) is 2.18. The molecule has 1 heteroatoms. The Labute approximate surface area is 68.5 Å². The molecule has 1 nitrogen and oxygen atoms in total. The quantitative estimate of drug-likeness (QED) is 0.594. The Morgan fingerprint density at radius 2 is 2.18 bits per heavy atom. The summed E-state index contributed by atoms with van der Waals surface area (Å²) < 4.78 is 0. The smallest absolute Gasteiger partial charge is 0.155 e. The van der Waals surface area contributed by atoms with Crippen molar-refractivity contribution in [2.45, 2.75) is 39.5 Å². The highest BCUT2D eigenvalue weighted by Gasteiger charge is 2.17. The van der Waals surface area contributed by atoms with Gasteiger partial charge in [0.1, 0.15) is 0 Å². The van der Waals surface area contributed by atoms with E-state index >= 15 is 0 Å². The van der Waals surface area contributed by atoms with Crippen LogP contribution in [0.2, 0.25) is 0 Å². The molecule has 0 saturated heterocycles. The maximum Gasteiger partial charge on any atom is 0.155 e. The third-order valence-corrected chi connectivity index (χ3v) is 2.44. The van der Waals surface area contributed by atoms with Crippen LogP contribution in [0.15, 0.2) is 11.6 Å². The highest BCUT2D eigenvalue weighted by Crippen LogP contribution is 2.25. The molecule has 1 atom stereocenters. The van der Waals surface area contributed by atoms with E-state index in [1.807, 2.05) is 6.08 Å². The lowest BCUT2D eigenvalue weighted by Gasteiger charge is -2.19. The summed E-state index contributed by atoms with van der Waals surface area (Å²) in [6, 6.07) is 0. The van der Waals surface area contributed by atoms with Crippen LogP contribution in [-0.4, -0.2) is 5.78 Å². The zero-order valence-electron chi connectivity index (χ0n) is 7.39. The first-order chi connectivity index (χ1) is 5.26. The third-order valence-electron chi connectivity index (χ3n) is 2.44. The monoisotopic (exact) mass is 152 g/mol. The van der Waals surface area contributed by atoms with Gasteiger partial charge in [0, 0.05) is 6.42 Å². The van der Waals surface area contributed by atoms with Gasteiger partial charge in [0.05, 0.1) is 0 Å². The van der Waals surface area contributed by atoms with Crippen LogP contribution in [-0.2, 0) is 4.79 Å². The fourth-order valence-corrected chi connectivity index (χ4v) is 1.61. The number of rotatable bonds is 2. The van der Waals surface area contributed by atoms with Gasteiger partial charge in [-0.05, 0) is 24.8 Å². The van der Waals surface area contributed by atoms with Crippen molar-refractivity contribution in [3.05, 3.63) is 11.6 Å². The molecule has 0 saturated carbocycles. The van der Waals surface area contributed by atoms with E-state index in [-0.39, 0.29) is 0 Å². The summed E-state index contributed by atoms with van der Waals surface area (Å²) >= 11 is 0. The second-order valence-electron chi connectivity index (χ2n) is 3.30. The Bertz CT molecular complexity index is 179. The average molecular weight is 152 g/mol. The summed E-state index contributed by atoms with van der Waals surface area (Å²) in [6.07, 6.45) is 5.95. The van der Waals surface area contributed by atoms with E-state index in [1.54, 1.807) is 0 Å². The zero-order valence-corrected chi connectivity index (χ0v) is 7.39. The van der Waals surface area contributed by atoms with Crippen LogP contribution >= 0.6 is 0 Å². The summed E-state index contributed by atoms with van der Waals surface area (Å²) in [5.41, 5.74) is 1.34. The zero-order chi connectivity index (χ0) is 8.27. The topological polar surface area (TPSA) is 17.1 Å². The van der Waals surface area contributed by atoms with Crippen LogP contribution < -0.4 is 0 Å². The molecular formula is C10H16O. The highest BCUT2D eigenvalue weighted by molar-refractivity contribution is 5.91. The Hall–Kier alpha value is -0.590. The van der Waals surface area contributed by atoms with Gasteiger partial charge in [-0.15, -0.1) is 0 Å². The molecule has 0 amide bonds. The highest BCUT2D eigenvalue weighted by atomic mass is 16.1. The van der Waals surface area contributed by atoms with E-state index in [1.165, 1.54) is 5.57 Å². The SMILES string of the molecule is CCC1=CC(=O)CC(CC)C1. The minimum absolute atomic E-state index is 0.333. The van der Waals surface area contributed by atoms with Crippen LogP contribution in [0.3, 0.4) is 0 Å². The molecule has 0 N–H and O–H groups in total. The first-order valence-electron chi connectivity index (χ1n) is 4.48.